The van der Waals surface area contributed by atoms with E-state index in [1.54, 1.807) is 0 Å². The van der Waals surface area contributed by atoms with Crippen LogP contribution >= 0.6 is 27.7 Å². The first-order valence-electron chi connectivity index (χ1n) is 18.2. The molecule has 3 aromatic carbocycles. The maximum absolute atomic E-state index is 14.1. The summed E-state index contributed by atoms with van der Waals surface area (Å²) in [6.07, 6.45) is 4.13. The molecule has 1 fully saturated rings. The normalized spacial score (nSPS) is 16.8. The number of aromatic nitrogens is 2. The number of piperidine rings is 1. The summed E-state index contributed by atoms with van der Waals surface area (Å²) in [7, 11) is -6.85. The maximum Gasteiger partial charge on any atom is 0.501 e. The van der Waals surface area contributed by atoms with E-state index >= 15 is 0 Å². The van der Waals surface area contributed by atoms with Gasteiger partial charge in [-0.15, -0.1) is 11.8 Å². The Morgan fingerprint density at radius 2 is 1.68 bits per heavy atom. The lowest BCUT2D eigenvalue weighted by molar-refractivity contribution is -0.0435. The summed E-state index contributed by atoms with van der Waals surface area (Å²) in [5, 5.41) is 3.00. The molecule has 2 aliphatic heterocycles. The van der Waals surface area contributed by atoms with Crippen LogP contribution in [0.1, 0.15) is 36.1 Å². The Bertz CT molecular complexity index is 2190. The third kappa shape index (κ3) is 10.4. The van der Waals surface area contributed by atoms with E-state index in [2.05, 4.69) is 51.8 Å². The van der Waals surface area contributed by atoms with Crippen LogP contribution in [-0.2, 0) is 39.4 Å². The molecule has 56 heavy (non-hydrogen) atoms. The Balaban J connectivity index is 1.18. The first-order valence-corrected chi connectivity index (χ1v) is 22.9. The van der Waals surface area contributed by atoms with E-state index in [-0.39, 0.29) is 11.5 Å². The van der Waals surface area contributed by atoms with Crippen LogP contribution in [0.5, 0.6) is 0 Å². The predicted octanol–water partition coefficient (Wildman–Crippen LogP) is 6.88. The highest BCUT2D eigenvalue weighted by molar-refractivity contribution is 9.10. The average molecular weight is 897 g/mol. The lowest BCUT2D eigenvalue weighted by Gasteiger charge is -2.40. The van der Waals surface area contributed by atoms with Crippen LogP contribution in [0.15, 0.2) is 98.3 Å². The first-order chi connectivity index (χ1) is 26.6. The van der Waals surface area contributed by atoms with E-state index in [0.717, 1.165) is 54.0 Å². The largest absolute Gasteiger partial charge is 0.501 e. The molecule has 1 atom stereocenters. The molecule has 0 radical (unpaired) electrons. The van der Waals surface area contributed by atoms with Crippen molar-refractivity contribution in [1.82, 2.24) is 24.7 Å². The predicted molar refractivity (Wildman–Crippen MR) is 217 cm³/mol. The number of likely N-dealkylation sites (tertiary alicyclic amines) is 1. The van der Waals surface area contributed by atoms with E-state index < -0.39 is 41.2 Å². The second-order valence-electron chi connectivity index (χ2n) is 14.2. The fourth-order valence-corrected chi connectivity index (χ4v) is 10.4. The minimum Gasteiger partial charge on any atom is -0.380 e. The molecule has 1 saturated heterocycles. The van der Waals surface area contributed by atoms with Gasteiger partial charge in [0.1, 0.15) is 17.0 Å². The smallest absolute Gasteiger partial charge is 0.380 e. The molecule has 0 aliphatic carbocycles. The Morgan fingerprint density at radius 1 is 0.964 bits per heavy atom. The van der Waals surface area contributed by atoms with Gasteiger partial charge < -0.3 is 10.2 Å². The van der Waals surface area contributed by atoms with Crippen molar-refractivity contribution in [3.8, 4) is 0 Å². The topological polar surface area (TPSA) is 128 Å². The Morgan fingerprint density at radius 3 is 2.38 bits per heavy atom. The van der Waals surface area contributed by atoms with Crippen molar-refractivity contribution in [3.63, 3.8) is 0 Å². The van der Waals surface area contributed by atoms with Crippen LogP contribution in [0.25, 0.3) is 0 Å². The number of sulfonamides is 1. The summed E-state index contributed by atoms with van der Waals surface area (Å²) < 4.78 is 99.3. The number of hydrogen-bond donors (Lipinski definition) is 2. The van der Waals surface area contributed by atoms with Crippen molar-refractivity contribution in [2.75, 3.05) is 56.1 Å². The van der Waals surface area contributed by atoms with Crippen LogP contribution in [-0.4, -0.2) is 105 Å². The highest BCUT2D eigenvalue weighted by Gasteiger charge is 2.48. The van der Waals surface area contributed by atoms with Gasteiger partial charge >= 0.3 is 5.51 Å². The number of thioether (sulfide) groups is 1. The minimum absolute atomic E-state index is 0.0158. The summed E-state index contributed by atoms with van der Waals surface area (Å²) in [5.41, 5.74) is -3.51. The van der Waals surface area contributed by atoms with Gasteiger partial charge in [0.2, 0.25) is 0 Å². The molecule has 2 N–H and O–H groups in total. The molecule has 0 saturated carbocycles. The number of nitrogens with one attached hydrogen (secondary N) is 2. The summed E-state index contributed by atoms with van der Waals surface area (Å²) in [6.45, 7) is 4.45. The number of rotatable bonds is 15. The van der Waals surface area contributed by atoms with Crippen molar-refractivity contribution in [3.05, 3.63) is 100 Å². The molecule has 11 nitrogen and oxygen atoms in total. The number of fused-ring (bicyclic) bond motifs is 1. The maximum atomic E-state index is 14.1. The van der Waals surface area contributed by atoms with Crippen LogP contribution in [0.2, 0.25) is 0 Å². The lowest BCUT2D eigenvalue weighted by Crippen LogP contribution is -2.46. The zero-order valence-electron chi connectivity index (χ0n) is 31.0. The van der Waals surface area contributed by atoms with Gasteiger partial charge in [-0.25, -0.2) is 26.8 Å². The molecule has 302 valence electrons. The molecule has 3 heterocycles. The molecule has 0 bridgehead atoms. The van der Waals surface area contributed by atoms with Gasteiger partial charge in [0, 0.05) is 52.4 Å². The van der Waals surface area contributed by atoms with Crippen molar-refractivity contribution < 1.29 is 30.0 Å². The van der Waals surface area contributed by atoms with E-state index in [0.29, 0.717) is 61.6 Å². The fourth-order valence-electron chi connectivity index (χ4n) is 6.95. The van der Waals surface area contributed by atoms with Crippen molar-refractivity contribution in [1.29, 1.82) is 0 Å². The first kappa shape index (κ1) is 42.3. The summed E-state index contributed by atoms with van der Waals surface area (Å²) >= 11 is 5.11. The fraction of sp³-hybridized carbons (Fsp3) is 0.421. The number of anilines is 2. The van der Waals surface area contributed by atoms with Gasteiger partial charge in [-0.3, -0.25) is 14.5 Å². The second kappa shape index (κ2) is 18.1. The van der Waals surface area contributed by atoms with Crippen molar-refractivity contribution in [2.45, 2.75) is 71.1 Å². The van der Waals surface area contributed by atoms with Crippen molar-refractivity contribution >= 4 is 59.1 Å². The van der Waals surface area contributed by atoms with Crippen LogP contribution in [0.3, 0.4) is 0 Å². The van der Waals surface area contributed by atoms with E-state index in [4.69, 9.17) is 0 Å². The molecular formula is C38H45BrF3N7O4S3. The number of hydrogen-bond acceptors (Lipinski definition) is 11. The third-order valence-corrected chi connectivity index (χ3v) is 14.8. The van der Waals surface area contributed by atoms with E-state index in [1.807, 2.05) is 67.5 Å². The van der Waals surface area contributed by atoms with E-state index in [9.17, 15) is 30.0 Å². The minimum atomic E-state index is -5.97. The monoisotopic (exact) mass is 895 g/mol. The van der Waals surface area contributed by atoms with Gasteiger partial charge in [0.15, 0.2) is 0 Å². The zero-order chi connectivity index (χ0) is 40.1. The SMILES string of the molecule is CN(C)CC[C@H](CSc1ccccc1)Nc1ccc(S(=O)(=O)Nc2ncnc3c2CCN(C2CCN(Cc4ccccc4Br)CC2)C3)cc1S(=O)(=O)C(F)(F)F. The second-order valence-corrected chi connectivity index (χ2v) is 19.8. The lowest BCUT2D eigenvalue weighted by atomic mass is 9.98. The van der Waals surface area contributed by atoms with Gasteiger partial charge in [-0.2, -0.15) is 13.2 Å². The molecule has 0 amide bonds. The Labute approximate surface area is 339 Å². The average Bonchev–Trinajstić information content (AvgIpc) is 3.17. The molecular weight excluding hydrogens is 852 g/mol. The molecule has 18 heteroatoms. The van der Waals surface area contributed by atoms with Crippen LogP contribution < -0.4 is 10.0 Å². The van der Waals surface area contributed by atoms with Gasteiger partial charge in [-0.05, 0) is 101 Å². The Hall–Kier alpha value is -3.26. The number of alkyl halides is 3. The summed E-state index contributed by atoms with van der Waals surface area (Å²) in [6, 6.07) is 20.3. The Kier molecular flexibility index (Phi) is 13.7. The zero-order valence-corrected chi connectivity index (χ0v) is 35.1. The van der Waals surface area contributed by atoms with E-state index in [1.165, 1.54) is 23.7 Å². The number of halogens is 4. The van der Waals surface area contributed by atoms with Gasteiger partial charge in [-0.1, -0.05) is 52.3 Å². The number of sulfone groups is 1. The molecule has 2 aliphatic rings. The molecule has 6 rings (SSSR count). The summed E-state index contributed by atoms with van der Waals surface area (Å²) in [4.78, 5) is 14.5. The van der Waals surface area contributed by atoms with Crippen molar-refractivity contribution in [2.24, 2.45) is 0 Å². The molecule has 1 aromatic heterocycles. The quantitative estimate of drug-likeness (QED) is 0.121. The standard InChI is InChI=1S/C38H45BrF3N7O4S3/c1-47(2)18-14-28(25-54-30-9-4-3-5-10-30)45-34-13-12-31(22-36(34)55(50,51)38(40,41)42)56(52,53)46-37-32-17-21-49(24-35(32)43-26-44-37)29-15-19-48(20-16-29)23-27-8-6-7-11-33(27)39/h3-13,22,26,28-29,45H,14-21,23-25H2,1-2H3,(H,43,44,46)/t28-/m1/s1. The molecule has 0 spiro atoms. The molecule has 0 unspecified atom stereocenters. The molecule has 4 aromatic rings. The third-order valence-electron chi connectivity index (χ3n) is 10.0. The van der Waals surface area contributed by atoms with Gasteiger partial charge in [0.25, 0.3) is 19.9 Å². The van der Waals surface area contributed by atoms with Gasteiger partial charge in [0.05, 0.1) is 16.3 Å². The summed E-state index contributed by atoms with van der Waals surface area (Å²) in [5.74, 6) is 0.425. The number of nitrogens with zero attached hydrogens (tertiary/aromatic N) is 5. The highest BCUT2D eigenvalue weighted by atomic mass is 79.9. The number of benzene rings is 3. The van der Waals surface area contributed by atoms with Crippen LogP contribution in [0.4, 0.5) is 24.7 Å². The van der Waals surface area contributed by atoms with Crippen LogP contribution in [0, 0.1) is 0 Å². The highest BCUT2D eigenvalue weighted by Crippen LogP contribution is 2.37.